The second-order valence-corrected chi connectivity index (χ2v) is 9.66. The number of nitrogens with zero attached hydrogens (tertiary/aromatic N) is 1. The number of fused-ring (bicyclic) bond motifs is 1. The summed E-state index contributed by atoms with van der Waals surface area (Å²) in [5.74, 6) is 0.860. The Labute approximate surface area is 205 Å². The normalized spacial score (nSPS) is 16.0. The van der Waals surface area contributed by atoms with Crippen molar-refractivity contribution in [2.75, 3.05) is 7.11 Å². The summed E-state index contributed by atoms with van der Waals surface area (Å²) < 4.78 is 12.4. The lowest BCUT2D eigenvalue weighted by atomic mass is 10.1. The molecule has 4 rings (SSSR count). The number of rotatable bonds is 7. The van der Waals surface area contributed by atoms with Gasteiger partial charge in [0.2, 0.25) is 0 Å². The predicted molar refractivity (Wildman–Crippen MR) is 137 cm³/mol. The molecular formula is C26H24BrNO4S. The van der Waals surface area contributed by atoms with Crippen LogP contribution >= 0.6 is 27.7 Å². The summed E-state index contributed by atoms with van der Waals surface area (Å²) in [6.07, 6.45) is 2.43. The first-order valence-electron chi connectivity index (χ1n) is 10.7. The standard InChI is InChI=1S/C26H24BrNO4S/c1-4-16(2)28-25(29)23(33-26(28)30)14-18-12-21(27)24(22(13-18)31-3)32-15-17-9-10-19-7-5-6-8-20(19)11-17/h5-14,16H,4,15H2,1-3H3/b23-14+/t16-/m0/s1. The minimum Gasteiger partial charge on any atom is -0.493 e. The smallest absolute Gasteiger partial charge is 0.293 e. The molecule has 0 aromatic heterocycles. The fraction of sp³-hybridized carbons (Fsp3) is 0.231. The lowest BCUT2D eigenvalue weighted by Crippen LogP contribution is -2.36. The highest BCUT2D eigenvalue weighted by Crippen LogP contribution is 2.40. The number of methoxy groups -OCH3 is 1. The zero-order valence-corrected chi connectivity index (χ0v) is 21.0. The van der Waals surface area contributed by atoms with Gasteiger partial charge in [0.1, 0.15) is 6.61 Å². The Morgan fingerprint density at radius 3 is 2.58 bits per heavy atom. The van der Waals surface area contributed by atoms with E-state index in [1.165, 1.54) is 10.3 Å². The van der Waals surface area contributed by atoms with E-state index in [1.807, 2.05) is 38.1 Å². The van der Waals surface area contributed by atoms with E-state index in [-0.39, 0.29) is 17.2 Å². The van der Waals surface area contributed by atoms with Crippen LogP contribution in [0, 0.1) is 0 Å². The van der Waals surface area contributed by atoms with E-state index >= 15 is 0 Å². The molecular weight excluding hydrogens is 502 g/mol. The molecule has 2 amide bonds. The molecule has 1 aliphatic rings. The van der Waals surface area contributed by atoms with Crippen LogP contribution in [-0.4, -0.2) is 29.2 Å². The fourth-order valence-electron chi connectivity index (χ4n) is 3.64. The maximum atomic E-state index is 12.7. The van der Waals surface area contributed by atoms with Crippen molar-refractivity contribution in [1.82, 2.24) is 4.90 Å². The summed E-state index contributed by atoms with van der Waals surface area (Å²) in [6, 6.07) is 18.0. The Bertz CT molecular complexity index is 1260. The number of hydrogen-bond acceptors (Lipinski definition) is 5. The third kappa shape index (κ3) is 4.94. The summed E-state index contributed by atoms with van der Waals surface area (Å²) >= 11 is 4.53. The van der Waals surface area contributed by atoms with Crippen LogP contribution in [0.15, 0.2) is 64.0 Å². The highest BCUT2D eigenvalue weighted by molar-refractivity contribution is 9.10. The highest BCUT2D eigenvalue weighted by Gasteiger charge is 2.37. The molecule has 1 heterocycles. The molecule has 1 saturated heterocycles. The van der Waals surface area contributed by atoms with Crippen LogP contribution < -0.4 is 9.47 Å². The second-order valence-electron chi connectivity index (χ2n) is 7.81. The minimum atomic E-state index is -0.258. The molecule has 0 radical (unpaired) electrons. The molecule has 7 heteroatoms. The van der Waals surface area contributed by atoms with E-state index < -0.39 is 0 Å². The summed E-state index contributed by atoms with van der Waals surface area (Å²) in [7, 11) is 1.57. The van der Waals surface area contributed by atoms with Gasteiger partial charge >= 0.3 is 0 Å². The van der Waals surface area contributed by atoms with Crippen molar-refractivity contribution in [3.63, 3.8) is 0 Å². The third-order valence-electron chi connectivity index (χ3n) is 5.60. The molecule has 0 bridgehead atoms. The Balaban J connectivity index is 1.56. The topological polar surface area (TPSA) is 55.8 Å². The highest BCUT2D eigenvalue weighted by atomic mass is 79.9. The molecule has 0 unspecified atom stereocenters. The number of hydrogen-bond donors (Lipinski definition) is 0. The van der Waals surface area contributed by atoms with Gasteiger partial charge in [-0.1, -0.05) is 43.3 Å². The van der Waals surface area contributed by atoms with Crippen molar-refractivity contribution in [2.45, 2.75) is 32.9 Å². The van der Waals surface area contributed by atoms with Crippen molar-refractivity contribution < 1.29 is 19.1 Å². The lowest BCUT2D eigenvalue weighted by molar-refractivity contribution is -0.124. The average Bonchev–Trinajstić information content (AvgIpc) is 3.09. The number of imide groups is 1. The number of thioether (sulfide) groups is 1. The number of carbonyl (C=O) groups excluding carboxylic acids is 2. The van der Waals surface area contributed by atoms with E-state index in [9.17, 15) is 9.59 Å². The first kappa shape index (κ1) is 23.4. The maximum absolute atomic E-state index is 12.7. The molecule has 0 spiro atoms. The number of amides is 2. The minimum absolute atomic E-state index is 0.129. The third-order valence-corrected chi connectivity index (χ3v) is 7.07. The van der Waals surface area contributed by atoms with Crippen LogP contribution in [0.5, 0.6) is 11.5 Å². The van der Waals surface area contributed by atoms with Gasteiger partial charge in [0.05, 0.1) is 16.5 Å². The van der Waals surface area contributed by atoms with Gasteiger partial charge in [0.15, 0.2) is 11.5 Å². The van der Waals surface area contributed by atoms with E-state index in [1.54, 1.807) is 19.3 Å². The number of halogens is 1. The van der Waals surface area contributed by atoms with Crippen LogP contribution in [-0.2, 0) is 11.4 Å². The molecule has 0 aliphatic carbocycles. The average molecular weight is 526 g/mol. The molecule has 1 fully saturated rings. The molecule has 0 saturated carbocycles. The van der Waals surface area contributed by atoms with Crippen LogP contribution in [0.25, 0.3) is 16.8 Å². The summed E-state index contributed by atoms with van der Waals surface area (Å²) in [6.45, 7) is 4.21. The van der Waals surface area contributed by atoms with Gasteiger partial charge in [-0.05, 0) is 87.2 Å². The largest absolute Gasteiger partial charge is 0.493 e. The number of benzene rings is 3. The first-order valence-corrected chi connectivity index (χ1v) is 12.3. The van der Waals surface area contributed by atoms with Crippen LogP contribution in [0.3, 0.4) is 0 Å². The number of carbonyl (C=O) groups is 2. The molecule has 0 N–H and O–H groups in total. The monoisotopic (exact) mass is 525 g/mol. The van der Waals surface area contributed by atoms with Crippen LogP contribution in [0.4, 0.5) is 4.79 Å². The Hall–Kier alpha value is -2.77. The van der Waals surface area contributed by atoms with Gasteiger partial charge in [0, 0.05) is 6.04 Å². The van der Waals surface area contributed by atoms with Crippen molar-refractivity contribution >= 4 is 55.7 Å². The number of ether oxygens (including phenoxy) is 2. The van der Waals surface area contributed by atoms with Crippen LogP contribution in [0.2, 0.25) is 0 Å². The molecule has 1 atom stereocenters. The molecule has 170 valence electrons. The van der Waals surface area contributed by atoms with Gasteiger partial charge in [-0.2, -0.15) is 0 Å². The van der Waals surface area contributed by atoms with Crippen LogP contribution in [0.1, 0.15) is 31.4 Å². The van der Waals surface area contributed by atoms with E-state index in [0.29, 0.717) is 33.9 Å². The SMILES string of the molecule is CC[C@H](C)N1C(=O)S/C(=C/c2cc(Br)c(OCc3ccc4ccccc4c3)c(OC)c2)C1=O. The second kappa shape index (κ2) is 10.0. The quantitative estimate of drug-likeness (QED) is 0.310. The molecule has 1 aliphatic heterocycles. The van der Waals surface area contributed by atoms with Gasteiger partial charge < -0.3 is 9.47 Å². The Kier molecular flexibility index (Phi) is 7.10. The van der Waals surface area contributed by atoms with E-state index in [2.05, 4.69) is 40.2 Å². The first-order chi connectivity index (χ1) is 15.9. The summed E-state index contributed by atoms with van der Waals surface area (Å²) in [5, 5.41) is 2.11. The van der Waals surface area contributed by atoms with Crippen molar-refractivity contribution in [2.24, 2.45) is 0 Å². The van der Waals surface area contributed by atoms with Crippen molar-refractivity contribution in [3.05, 3.63) is 75.1 Å². The van der Waals surface area contributed by atoms with E-state index in [0.717, 1.165) is 28.3 Å². The zero-order valence-electron chi connectivity index (χ0n) is 18.6. The molecule has 5 nitrogen and oxygen atoms in total. The zero-order chi connectivity index (χ0) is 23.5. The molecule has 3 aromatic rings. The van der Waals surface area contributed by atoms with Gasteiger partial charge in [-0.3, -0.25) is 14.5 Å². The summed E-state index contributed by atoms with van der Waals surface area (Å²) in [4.78, 5) is 26.8. The summed E-state index contributed by atoms with van der Waals surface area (Å²) in [5.41, 5.74) is 1.79. The lowest BCUT2D eigenvalue weighted by Gasteiger charge is -2.19. The molecule has 33 heavy (non-hydrogen) atoms. The Morgan fingerprint density at radius 2 is 1.85 bits per heavy atom. The Morgan fingerprint density at radius 1 is 1.09 bits per heavy atom. The van der Waals surface area contributed by atoms with E-state index in [4.69, 9.17) is 9.47 Å². The predicted octanol–water partition coefficient (Wildman–Crippen LogP) is 7.02. The van der Waals surface area contributed by atoms with Gasteiger partial charge in [-0.15, -0.1) is 0 Å². The molecule has 3 aromatic carbocycles. The van der Waals surface area contributed by atoms with Gasteiger partial charge in [0.25, 0.3) is 11.1 Å². The fourth-order valence-corrected chi connectivity index (χ4v) is 5.15. The van der Waals surface area contributed by atoms with Crippen molar-refractivity contribution in [1.29, 1.82) is 0 Å². The maximum Gasteiger partial charge on any atom is 0.293 e. The van der Waals surface area contributed by atoms with Crippen molar-refractivity contribution in [3.8, 4) is 11.5 Å². The van der Waals surface area contributed by atoms with Gasteiger partial charge in [-0.25, -0.2) is 0 Å².